The second-order valence-electron chi connectivity index (χ2n) is 5.70. The summed E-state index contributed by atoms with van der Waals surface area (Å²) in [4.78, 5) is 14.6. The van der Waals surface area contributed by atoms with Gasteiger partial charge in [-0.25, -0.2) is 0 Å². The molecule has 0 saturated carbocycles. The normalized spacial score (nSPS) is 15.2. The smallest absolute Gasteiger partial charge is 0.185 e. The summed E-state index contributed by atoms with van der Waals surface area (Å²) < 4.78 is 0. The van der Waals surface area contributed by atoms with Crippen LogP contribution in [0.5, 0.6) is 0 Å². The summed E-state index contributed by atoms with van der Waals surface area (Å²) in [5.74, 6) is 0.0500. The lowest BCUT2D eigenvalue weighted by atomic mass is 10.1. The zero-order chi connectivity index (χ0) is 15.2. The van der Waals surface area contributed by atoms with E-state index in [4.69, 9.17) is 0 Å². The van der Waals surface area contributed by atoms with Crippen molar-refractivity contribution in [3.8, 4) is 0 Å². The third kappa shape index (κ3) is 3.64. The largest absolute Gasteiger partial charge is 0.372 e. The maximum absolute atomic E-state index is 12.2. The molecular formula is C20H21NO. The van der Waals surface area contributed by atoms with E-state index in [1.807, 2.05) is 48.5 Å². The Hall–Kier alpha value is -2.35. The molecule has 0 spiro atoms. The predicted octanol–water partition coefficient (Wildman–Crippen LogP) is 4.57. The summed E-state index contributed by atoms with van der Waals surface area (Å²) in [6, 6.07) is 17.9. The molecule has 0 atom stereocenters. The summed E-state index contributed by atoms with van der Waals surface area (Å²) in [6.45, 7) is 2.25. The first kappa shape index (κ1) is 14.6. The molecular weight excluding hydrogens is 270 g/mol. The molecule has 112 valence electrons. The fraction of sp³-hybridized carbons (Fsp3) is 0.250. The minimum absolute atomic E-state index is 0.0500. The van der Waals surface area contributed by atoms with Gasteiger partial charge in [0.25, 0.3) is 0 Å². The molecule has 1 saturated heterocycles. The van der Waals surface area contributed by atoms with Gasteiger partial charge in [-0.2, -0.15) is 0 Å². The van der Waals surface area contributed by atoms with Crippen molar-refractivity contribution in [1.82, 2.24) is 0 Å². The number of rotatable bonds is 4. The zero-order valence-electron chi connectivity index (χ0n) is 12.7. The van der Waals surface area contributed by atoms with E-state index in [0.29, 0.717) is 0 Å². The standard InChI is InChI=1S/C20H21NO/c22-20(14-9-17-7-3-1-4-8-17)18-10-12-19(13-11-18)21-15-5-2-6-16-21/h1,3-4,7-14H,2,5-6,15-16H2/b14-9+. The average Bonchev–Trinajstić information content (AvgIpc) is 2.61. The van der Waals surface area contributed by atoms with Crippen molar-refractivity contribution in [1.29, 1.82) is 0 Å². The molecule has 1 heterocycles. The van der Waals surface area contributed by atoms with Crippen LogP contribution < -0.4 is 4.90 Å². The van der Waals surface area contributed by atoms with Gasteiger partial charge in [0.2, 0.25) is 0 Å². The number of carbonyl (C=O) groups is 1. The molecule has 3 rings (SSSR count). The third-order valence-corrected chi connectivity index (χ3v) is 4.10. The predicted molar refractivity (Wildman–Crippen MR) is 92.3 cm³/mol. The molecule has 22 heavy (non-hydrogen) atoms. The first-order valence-electron chi connectivity index (χ1n) is 7.95. The van der Waals surface area contributed by atoms with Crippen LogP contribution in [0.15, 0.2) is 60.7 Å². The van der Waals surface area contributed by atoms with Gasteiger partial charge < -0.3 is 4.90 Å². The molecule has 0 unspecified atom stereocenters. The Balaban J connectivity index is 1.67. The topological polar surface area (TPSA) is 20.3 Å². The maximum Gasteiger partial charge on any atom is 0.185 e. The summed E-state index contributed by atoms with van der Waals surface area (Å²) in [5, 5.41) is 0. The zero-order valence-corrected chi connectivity index (χ0v) is 12.7. The first-order chi connectivity index (χ1) is 10.8. The molecule has 2 nitrogen and oxygen atoms in total. The second kappa shape index (κ2) is 7.08. The number of carbonyl (C=O) groups excluding carboxylic acids is 1. The number of hydrogen-bond donors (Lipinski definition) is 0. The van der Waals surface area contributed by atoms with Gasteiger partial charge in [0.15, 0.2) is 5.78 Å². The Labute approximate surface area is 132 Å². The van der Waals surface area contributed by atoms with E-state index in [1.165, 1.54) is 24.9 Å². The second-order valence-corrected chi connectivity index (χ2v) is 5.70. The third-order valence-electron chi connectivity index (χ3n) is 4.10. The molecule has 2 heteroatoms. The van der Waals surface area contributed by atoms with E-state index < -0.39 is 0 Å². The van der Waals surface area contributed by atoms with Crippen molar-refractivity contribution in [3.63, 3.8) is 0 Å². The molecule has 0 aromatic heterocycles. The van der Waals surface area contributed by atoms with Crippen LogP contribution >= 0.6 is 0 Å². The molecule has 1 aliphatic heterocycles. The minimum atomic E-state index is 0.0500. The van der Waals surface area contributed by atoms with Gasteiger partial charge in [-0.15, -0.1) is 0 Å². The van der Waals surface area contributed by atoms with Gasteiger partial charge in [0.1, 0.15) is 0 Å². The highest BCUT2D eigenvalue weighted by molar-refractivity contribution is 6.06. The van der Waals surface area contributed by atoms with E-state index in [9.17, 15) is 4.79 Å². The Bertz CT molecular complexity index is 637. The van der Waals surface area contributed by atoms with E-state index in [1.54, 1.807) is 6.08 Å². The summed E-state index contributed by atoms with van der Waals surface area (Å²) in [7, 11) is 0. The van der Waals surface area contributed by atoms with Crippen molar-refractivity contribution in [2.45, 2.75) is 19.3 Å². The van der Waals surface area contributed by atoms with Crippen LogP contribution in [0.4, 0.5) is 5.69 Å². The Kier molecular flexibility index (Phi) is 4.69. The number of piperidine rings is 1. The van der Waals surface area contributed by atoms with Gasteiger partial charge in [-0.05, 0) is 55.2 Å². The number of hydrogen-bond acceptors (Lipinski definition) is 2. The lowest BCUT2D eigenvalue weighted by Gasteiger charge is -2.28. The molecule has 0 bridgehead atoms. The number of ketones is 1. The van der Waals surface area contributed by atoms with Crippen molar-refractivity contribution in [2.75, 3.05) is 18.0 Å². The van der Waals surface area contributed by atoms with Crippen LogP contribution in [0.25, 0.3) is 6.08 Å². The molecule has 0 radical (unpaired) electrons. The molecule has 2 aromatic carbocycles. The minimum Gasteiger partial charge on any atom is -0.372 e. The van der Waals surface area contributed by atoms with Crippen LogP contribution in [-0.4, -0.2) is 18.9 Å². The Morgan fingerprint density at radius 3 is 2.23 bits per heavy atom. The molecule has 1 fully saturated rings. The SMILES string of the molecule is O=C(/C=C/c1ccccc1)c1ccc(N2CCCCC2)cc1. The van der Waals surface area contributed by atoms with Crippen molar-refractivity contribution < 1.29 is 4.79 Å². The van der Waals surface area contributed by atoms with Gasteiger partial charge in [-0.3, -0.25) is 4.79 Å². The van der Waals surface area contributed by atoms with Gasteiger partial charge in [0, 0.05) is 24.3 Å². The van der Waals surface area contributed by atoms with Gasteiger partial charge >= 0.3 is 0 Å². The lowest BCUT2D eigenvalue weighted by molar-refractivity contribution is 0.104. The van der Waals surface area contributed by atoms with Crippen LogP contribution in [0.3, 0.4) is 0 Å². The Morgan fingerprint density at radius 2 is 1.55 bits per heavy atom. The van der Waals surface area contributed by atoms with Gasteiger partial charge in [0.05, 0.1) is 0 Å². The van der Waals surface area contributed by atoms with E-state index in [2.05, 4.69) is 17.0 Å². The number of anilines is 1. The molecule has 0 N–H and O–H groups in total. The van der Waals surface area contributed by atoms with Gasteiger partial charge in [-0.1, -0.05) is 36.4 Å². The van der Waals surface area contributed by atoms with Crippen LogP contribution in [0.2, 0.25) is 0 Å². The highest BCUT2D eigenvalue weighted by Crippen LogP contribution is 2.20. The molecule has 2 aromatic rings. The average molecular weight is 291 g/mol. The fourth-order valence-electron chi connectivity index (χ4n) is 2.82. The summed E-state index contributed by atoms with van der Waals surface area (Å²) in [5.41, 5.74) is 3.01. The van der Waals surface area contributed by atoms with E-state index in [0.717, 1.165) is 24.2 Å². The molecule has 0 aliphatic carbocycles. The number of allylic oxidation sites excluding steroid dienone is 1. The lowest BCUT2D eigenvalue weighted by Crippen LogP contribution is -2.29. The van der Waals surface area contributed by atoms with Crippen molar-refractivity contribution in [2.24, 2.45) is 0 Å². The monoisotopic (exact) mass is 291 g/mol. The maximum atomic E-state index is 12.2. The number of benzene rings is 2. The molecule has 1 aliphatic rings. The fourth-order valence-corrected chi connectivity index (χ4v) is 2.82. The van der Waals surface area contributed by atoms with Crippen LogP contribution in [0, 0.1) is 0 Å². The highest BCUT2D eigenvalue weighted by Gasteiger charge is 2.11. The summed E-state index contributed by atoms with van der Waals surface area (Å²) in [6.07, 6.45) is 7.37. The quantitative estimate of drug-likeness (QED) is 0.607. The van der Waals surface area contributed by atoms with E-state index in [-0.39, 0.29) is 5.78 Å². The summed E-state index contributed by atoms with van der Waals surface area (Å²) >= 11 is 0. The number of nitrogens with zero attached hydrogens (tertiary/aromatic N) is 1. The Morgan fingerprint density at radius 1 is 0.864 bits per heavy atom. The molecule has 0 amide bonds. The van der Waals surface area contributed by atoms with E-state index >= 15 is 0 Å². The van der Waals surface area contributed by atoms with Crippen molar-refractivity contribution in [3.05, 3.63) is 71.8 Å². The van der Waals surface area contributed by atoms with Crippen LogP contribution in [0.1, 0.15) is 35.2 Å². The highest BCUT2D eigenvalue weighted by atomic mass is 16.1. The first-order valence-corrected chi connectivity index (χ1v) is 7.95. The van der Waals surface area contributed by atoms with Crippen LogP contribution in [-0.2, 0) is 0 Å². The van der Waals surface area contributed by atoms with Crippen molar-refractivity contribution >= 4 is 17.5 Å².